The summed E-state index contributed by atoms with van der Waals surface area (Å²) >= 11 is 0. The molecule has 4 heteroatoms. The molecule has 75 valence electrons. The molecule has 1 saturated heterocycles. The van der Waals surface area contributed by atoms with Crippen LogP contribution in [0.2, 0.25) is 0 Å². The minimum Gasteiger partial charge on any atom is -0.344 e. The maximum Gasteiger partial charge on any atom is 0.164 e. The second kappa shape index (κ2) is 3.29. The summed E-state index contributed by atoms with van der Waals surface area (Å²) in [5, 5.41) is 0. The van der Waals surface area contributed by atoms with Crippen LogP contribution in [0.15, 0.2) is 18.7 Å². The van der Waals surface area contributed by atoms with Gasteiger partial charge in [0.15, 0.2) is 5.79 Å². The van der Waals surface area contributed by atoms with Crippen molar-refractivity contribution in [3.8, 4) is 0 Å². The quantitative estimate of drug-likeness (QED) is 0.678. The van der Waals surface area contributed by atoms with Gasteiger partial charge in [-0.05, 0) is 20.8 Å². The minimum atomic E-state index is -0.576. The average Bonchev–Trinajstić information content (AvgIpc) is 2.41. The Morgan fingerprint density at radius 3 is 2.43 bits per heavy atom. The maximum atomic E-state index is 5.68. The Morgan fingerprint density at radius 2 is 1.93 bits per heavy atom. The Balaban J connectivity index is 2.21. The van der Waals surface area contributed by atoms with Gasteiger partial charge in [0.05, 0.1) is 6.10 Å². The number of nitrogens with zero attached hydrogens (tertiary/aromatic N) is 2. The van der Waals surface area contributed by atoms with Crippen LogP contribution in [0.3, 0.4) is 0 Å². The zero-order valence-electron chi connectivity index (χ0n) is 8.30. The summed E-state index contributed by atoms with van der Waals surface area (Å²) < 4.78 is 11.2. The Labute approximate surface area is 83.3 Å². The van der Waals surface area contributed by atoms with Gasteiger partial charge in [-0.2, -0.15) is 0 Å². The van der Waals surface area contributed by atoms with E-state index in [1.54, 1.807) is 12.4 Å². The fraction of sp³-hybridized carbons (Fsp3) is 0.500. The monoisotopic (exact) mass is 193 g/mol. The molecule has 1 aliphatic rings. The lowest BCUT2D eigenvalue weighted by Crippen LogP contribution is -2.20. The van der Waals surface area contributed by atoms with Gasteiger partial charge < -0.3 is 9.47 Å². The molecular formula is C10H13N2O2. The molecule has 0 spiro atoms. The summed E-state index contributed by atoms with van der Waals surface area (Å²) in [5.41, 5.74) is 0.901. The van der Waals surface area contributed by atoms with Gasteiger partial charge in [-0.3, -0.25) is 0 Å². The third kappa shape index (κ3) is 1.76. The number of ether oxygens (including phenoxy) is 2. The molecule has 2 unspecified atom stereocenters. The highest BCUT2D eigenvalue weighted by atomic mass is 16.7. The predicted octanol–water partition coefficient (Wildman–Crippen LogP) is 1.50. The van der Waals surface area contributed by atoms with Crippen LogP contribution in [0.5, 0.6) is 0 Å². The third-order valence-electron chi connectivity index (χ3n) is 2.09. The lowest BCUT2D eigenvalue weighted by atomic mass is 10.1. The van der Waals surface area contributed by atoms with Gasteiger partial charge in [0, 0.05) is 18.0 Å². The van der Waals surface area contributed by atoms with Crippen LogP contribution in [0.4, 0.5) is 0 Å². The first-order chi connectivity index (χ1) is 6.58. The van der Waals surface area contributed by atoms with Crippen molar-refractivity contribution in [2.45, 2.75) is 31.8 Å². The summed E-state index contributed by atoms with van der Waals surface area (Å²) in [4.78, 5) is 7.87. The van der Waals surface area contributed by atoms with E-state index in [4.69, 9.17) is 9.47 Å². The second-order valence-electron chi connectivity index (χ2n) is 3.77. The molecular weight excluding hydrogens is 180 g/mol. The molecule has 0 saturated carbocycles. The van der Waals surface area contributed by atoms with Crippen molar-refractivity contribution in [1.82, 2.24) is 9.97 Å². The van der Waals surface area contributed by atoms with E-state index in [0.29, 0.717) is 0 Å². The fourth-order valence-corrected chi connectivity index (χ4v) is 1.58. The molecule has 2 atom stereocenters. The van der Waals surface area contributed by atoms with Crippen molar-refractivity contribution < 1.29 is 9.47 Å². The topological polar surface area (TPSA) is 44.2 Å². The second-order valence-corrected chi connectivity index (χ2v) is 3.77. The first kappa shape index (κ1) is 9.55. The lowest BCUT2D eigenvalue weighted by molar-refractivity contribution is -0.143. The standard InChI is InChI=1S/C10H13N2O2/c1-7-9(14-10(2,3)13-7)8-4-11-6-12-5-8/h4-7,9H,1H2,2-3H3. The molecule has 2 heterocycles. The molecule has 0 aromatic carbocycles. The van der Waals surface area contributed by atoms with Crippen LogP contribution in [-0.2, 0) is 9.47 Å². The van der Waals surface area contributed by atoms with Gasteiger partial charge in [0.2, 0.25) is 0 Å². The summed E-state index contributed by atoms with van der Waals surface area (Å²) in [7, 11) is 0. The van der Waals surface area contributed by atoms with E-state index in [2.05, 4.69) is 16.9 Å². The highest BCUT2D eigenvalue weighted by Gasteiger charge is 2.39. The lowest BCUT2D eigenvalue weighted by Gasteiger charge is -2.16. The summed E-state index contributed by atoms with van der Waals surface area (Å²) in [6, 6.07) is 0. The van der Waals surface area contributed by atoms with Gasteiger partial charge in [-0.1, -0.05) is 0 Å². The van der Waals surface area contributed by atoms with E-state index in [9.17, 15) is 0 Å². The molecule has 0 bridgehead atoms. The molecule has 4 nitrogen and oxygen atoms in total. The molecule has 14 heavy (non-hydrogen) atoms. The molecule has 1 radical (unpaired) electrons. The SMILES string of the molecule is [CH2]C1OC(C)(C)OC1c1cncnc1. The Hall–Kier alpha value is -1.00. The van der Waals surface area contributed by atoms with Crippen LogP contribution in [-0.4, -0.2) is 21.9 Å². The highest BCUT2D eigenvalue weighted by Crippen LogP contribution is 2.36. The highest BCUT2D eigenvalue weighted by molar-refractivity contribution is 5.11. The van der Waals surface area contributed by atoms with Gasteiger partial charge in [-0.15, -0.1) is 0 Å². The predicted molar refractivity (Wildman–Crippen MR) is 50.2 cm³/mol. The van der Waals surface area contributed by atoms with Crippen LogP contribution in [0, 0.1) is 6.92 Å². The summed E-state index contributed by atoms with van der Waals surface area (Å²) in [5.74, 6) is -0.576. The zero-order valence-corrected chi connectivity index (χ0v) is 8.30. The smallest absolute Gasteiger partial charge is 0.164 e. The van der Waals surface area contributed by atoms with E-state index < -0.39 is 5.79 Å². The summed E-state index contributed by atoms with van der Waals surface area (Å²) in [6.45, 7) is 7.63. The van der Waals surface area contributed by atoms with E-state index in [1.165, 1.54) is 6.33 Å². The van der Waals surface area contributed by atoms with Gasteiger partial charge >= 0.3 is 0 Å². The first-order valence-corrected chi connectivity index (χ1v) is 4.52. The molecule has 0 aliphatic carbocycles. The number of hydrogen-bond donors (Lipinski definition) is 0. The normalized spacial score (nSPS) is 30.5. The molecule has 2 rings (SSSR count). The summed E-state index contributed by atoms with van der Waals surface area (Å²) in [6.07, 6.45) is 4.55. The van der Waals surface area contributed by atoms with Crippen LogP contribution >= 0.6 is 0 Å². The van der Waals surface area contributed by atoms with Gasteiger partial charge in [0.25, 0.3) is 0 Å². The van der Waals surface area contributed by atoms with Crippen molar-refractivity contribution in [3.63, 3.8) is 0 Å². The van der Waals surface area contributed by atoms with Crippen molar-refractivity contribution >= 4 is 0 Å². The van der Waals surface area contributed by atoms with Crippen LogP contribution in [0.25, 0.3) is 0 Å². The first-order valence-electron chi connectivity index (χ1n) is 4.52. The minimum absolute atomic E-state index is 0.175. The van der Waals surface area contributed by atoms with E-state index in [1.807, 2.05) is 13.8 Å². The molecule has 1 aliphatic heterocycles. The van der Waals surface area contributed by atoms with E-state index in [0.717, 1.165) is 5.56 Å². The van der Waals surface area contributed by atoms with Crippen molar-refractivity contribution in [3.05, 3.63) is 31.2 Å². The van der Waals surface area contributed by atoms with Crippen LogP contribution < -0.4 is 0 Å². The Morgan fingerprint density at radius 1 is 1.29 bits per heavy atom. The molecule has 1 fully saturated rings. The number of aromatic nitrogens is 2. The van der Waals surface area contributed by atoms with Gasteiger partial charge in [-0.25, -0.2) is 9.97 Å². The van der Waals surface area contributed by atoms with E-state index >= 15 is 0 Å². The van der Waals surface area contributed by atoms with Crippen molar-refractivity contribution in [2.75, 3.05) is 0 Å². The molecule has 1 aromatic heterocycles. The van der Waals surface area contributed by atoms with Gasteiger partial charge in [0.1, 0.15) is 12.4 Å². The fourth-order valence-electron chi connectivity index (χ4n) is 1.58. The third-order valence-corrected chi connectivity index (χ3v) is 2.09. The zero-order chi connectivity index (χ0) is 10.2. The number of rotatable bonds is 1. The van der Waals surface area contributed by atoms with E-state index in [-0.39, 0.29) is 12.2 Å². The largest absolute Gasteiger partial charge is 0.344 e. The van der Waals surface area contributed by atoms with Crippen molar-refractivity contribution in [2.24, 2.45) is 0 Å². The molecule has 1 aromatic rings. The molecule has 0 amide bonds. The maximum absolute atomic E-state index is 5.68. The number of hydrogen-bond acceptors (Lipinski definition) is 4. The Kier molecular flexibility index (Phi) is 2.25. The Bertz CT molecular complexity index is 313. The van der Waals surface area contributed by atoms with Crippen LogP contribution in [0.1, 0.15) is 25.5 Å². The molecule has 0 N–H and O–H groups in total. The van der Waals surface area contributed by atoms with Crippen molar-refractivity contribution in [1.29, 1.82) is 0 Å². The average molecular weight is 193 g/mol.